The molecule has 1 aliphatic rings. The minimum atomic E-state index is 0.556. The fourth-order valence-corrected chi connectivity index (χ4v) is 2.11. The molecule has 0 atom stereocenters. The van der Waals surface area contributed by atoms with Crippen molar-refractivity contribution in [2.45, 2.75) is 46.0 Å². The minimum Gasteiger partial charge on any atom is -0.303 e. The predicted molar refractivity (Wildman–Crippen MR) is 62.1 cm³/mol. The van der Waals surface area contributed by atoms with Crippen LogP contribution in [-0.2, 0) is 0 Å². The van der Waals surface area contributed by atoms with Crippen molar-refractivity contribution in [2.24, 2.45) is 5.41 Å². The molecular weight excluding hydrogens is 170 g/mol. The second-order valence-electron chi connectivity index (χ2n) is 5.17. The summed E-state index contributed by atoms with van der Waals surface area (Å²) < 4.78 is 0. The van der Waals surface area contributed by atoms with Crippen molar-refractivity contribution in [3.63, 3.8) is 0 Å². The van der Waals surface area contributed by atoms with E-state index in [1.807, 2.05) is 0 Å². The van der Waals surface area contributed by atoms with Gasteiger partial charge in [0.1, 0.15) is 0 Å². The second kappa shape index (κ2) is 5.41. The molecule has 0 unspecified atom stereocenters. The number of hydrogen-bond acceptors (Lipinski definition) is 1. The maximum absolute atomic E-state index is 5.25. The first-order valence-electron chi connectivity index (χ1n) is 5.80. The van der Waals surface area contributed by atoms with E-state index in [-0.39, 0.29) is 0 Å². The first kappa shape index (κ1) is 11.6. The Labute approximate surface area is 88.9 Å². The van der Waals surface area contributed by atoms with Crippen molar-refractivity contribution in [3.8, 4) is 12.3 Å². The highest BCUT2D eigenvalue weighted by atomic mass is 15.1. The van der Waals surface area contributed by atoms with Gasteiger partial charge in [0.25, 0.3) is 0 Å². The monoisotopic (exact) mass is 193 g/mol. The van der Waals surface area contributed by atoms with E-state index in [0.717, 1.165) is 12.8 Å². The number of likely N-dealkylation sites (tertiary alicyclic amines) is 1. The SMILES string of the molecule is C#CCCCN1CCCC(C)(C)CC1. The van der Waals surface area contributed by atoms with Gasteiger partial charge in [-0.1, -0.05) is 13.8 Å². The summed E-state index contributed by atoms with van der Waals surface area (Å²) in [6, 6.07) is 0. The van der Waals surface area contributed by atoms with Crippen LogP contribution in [0.25, 0.3) is 0 Å². The Morgan fingerprint density at radius 1 is 1.29 bits per heavy atom. The number of hydrogen-bond donors (Lipinski definition) is 0. The van der Waals surface area contributed by atoms with Gasteiger partial charge < -0.3 is 4.90 Å². The Kier molecular flexibility index (Phi) is 4.48. The van der Waals surface area contributed by atoms with E-state index in [0.29, 0.717) is 5.41 Å². The molecular formula is C13H23N. The van der Waals surface area contributed by atoms with E-state index in [9.17, 15) is 0 Å². The molecule has 0 radical (unpaired) electrons. The lowest BCUT2D eigenvalue weighted by Gasteiger charge is -2.23. The quantitative estimate of drug-likeness (QED) is 0.492. The average molecular weight is 193 g/mol. The van der Waals surface area contributed by atoms with Gasteiger partial charge in [-0.25, -0.2) is 0 Å². The summed E-state index contributed by atoms with van der Waals surface area (Å²) in [5.74, 6) is 2.71. The van der Waals surface area contributed by atoms with Crippen LogP contribution in [0.5, 0.6) is 0 Å². The lowest BCUT2D eigenvalue weighted by atomic mass is 9.85. The van der Waals surface area contributed by atoms with Gasteiger partial charge in [-0.3, -0.25) is 0 Å². The van der Waals surface area contributed by atoms with Crippen LogP contribution in [0.1, 0.15) is 46.0 Å². The lowest BCUT2D eigenvalue weighted by Crippen LogP contribution is -2.26. The molecule has 14 heavy (non-hydrogen) atoms. The van der Waals surface area contributed by atoms with Crippen LogP contribution in [0.2, 0.25) is 0 Å². The van der Waals surface area contributed by atoms with Gasteiger partial charge in [0.15, 0.2) is 0 Å². The highest BCUT2D eigenvalue weighted by molar-refractivity contribution is 4.84. The van der Waals surface area contributed by atoms with E-state index in [1.165, 1.54) is 38.9 Å². The molecule has 1 fully saturated rings. The van der Waals surface area contributed by atoms with Crippen LogP contribution in [0.4, 0.5) is 0 Å². The molecule has 0 bridgehead atoms. The van der Waals surface area contributed by atoms with Gasteiger partial charge in [0.05, 0.1) is 0 Å². The van der Waals surface area contributed by atoms with Crippen LogP contribution in [0.15, 0.2) is 0 Å². The highest BCUT2D eigenvalue weighted by Crippen LogP contribution is 2.29. The molecule has 0 saturated carbocycles. The average Bonchev–Trinajstić information content (AvgIpc) is 2.28. The van der Waals surface area contributed by atoms with Crippen LogP contribution in [0, 0.1) is 17.8 Å². The molecule has 0 spiro atoms. The van der Waals surface area contributed by atoms with Crippen LogP contribution >= 0.6 is 0 Å². The Balaban J connectivity index is 2.25. The smallest absolute Gasteiger partial charge is 0.00982 e. The molecule has 0 aromatic heterocycles. The Hall–Kier alpha value is -0.480. The third kappa shape index (κ3) is 4.15. The zero-order chi connectivity index (χ0) is 10.4. The summed E-state index contributed by atoms with van der Waals surface area (Å²) in [5.41, 5.74) is 0.556. The first-order valence-corrected chi connectivity index (χ1v) is 5.80. The molecule has 0 N–H and O–H groups in total. The summed E-state index contributed by atoms with van der Waals surface area (Å²) in [4.78, 5) is 2.58. The van der Waals surface area contributed by atoms with E-state index < -0.39 is 0 Å². The van der Waals surface area contributed by atoms with Crippen LogP contribution in [0.3, 0.4) is 0 Å². The third-order valence-corrected chi connectivity index (χ3v) is 3.23. The van der Waals surface area contributed by atoms with Crippen molar-refractivity contribution >= 4 is 0 Å². The predicted octanol–water partition coefficient (Wildman–Crippen LogP) is 2.91. The number of rotatable bonds is 3. The summed E-state index contributed by atoms with van der Waals surface area (Å²) in [7, 11) is 0. The summed E-state index contributed by atoms with van der Waals surface area (Å²) in [6.45, 7) is 8.50. The zero-order valence-corrected chi connectivity index (χ0v) is 9.68. The number of terminal acetylenes is 1. The molecule has 0 aromatic carbocycles. The first-order chi connectivity index (χ1) is 6.64. The minimum absolute atomic E-state index is 0.556. The second-order valence-corrected chi connectivity index (χ2v) is 5.17. The van der Waals surface area contributed by atoms with Crippen molar-refractivity contribution in [2.75, 3.05) is 19.6 Å². The molecule has 1 rings (SSSR count). The van der Waals surface area contributed by atoms with Gasteiger partial charge >= 0.3 is 0 Å². The fraction of sp³-hybridized carbons (Fsp3) is 0.846. The van der Waals surface area contributed by atoms with Crippen molar-refractivity contribution in [1.29, 1.82) is 0 Å². The van der Waals surface area contributed by atoms with Crippen LogP contribution < -0.4 is 0 Å². The van der Waals surface area contributed by atoms with Crippen molar-refractivity contribution < 1.29 is 0 Å². The van der Waals surface area contributed by atoms with Crippen molar-refractivity contribution in [1.82, 2.24) is 4.90 Å². The lowest BCUT2D eigenvalue weighted by molar-refractivity contribution is 0.261. The van der Waals surface area contributed by atoms with Gasteiger partial charge in [-0.2, -0.15) is 0 Å². The molecule has 0 aromatic rings. The molecule has 1 heterocycles. The summed E-state index contributed by atoms with van der Waals surface area (Å²) in [6.07, 6.45) is 11.4. The Bertz CT molecular complexity index is 200. The molecule has 1 nitrogen and oxygen atoms in total. The Morgan fingerprint density at radius 2 is 2.07 bits per heavy atom. The number of unbranched alkanes of at least 4 members (excludes halogenated alkanes) is 1. The molecule has 80 valence electrons. The zero-order valence-electron chi connectivity index (χ0n) is 9.68. The largest absolute Gasteiger partial charge is 0.303 e. The molecule has 0 amide bonds. The van der Waals surface area contributed by atoms with Gasteiger partial charge in [-0.15, -0.1) is 12.3 Å². The standard InChI is InChI=1S/C13H23N/c1-4-5-6-10-14-11-7-8-13(2,3)9-12-14/h1H,5-12H2,2-3H3. The molecule has 1 saturated heterocycles. The molecule has 1 aliphatic heterocycles. The maximum Gasteiger partial charge on any atom is 0.00982 e. The van der Waals surface area contributed by atoms with Gasteiger partial charge in [0.2, 0.25) is 0 Å². The molecule has 0 aliphatic carbocycles. The van der Waals surface area contributed by atoms with E-state index in [1.54, 1.807) is 0 Å². The van der Waals surface area contributed by atoms with E-state index in [2.05, 4.69) is 24.7 Å². The van der Waals surface area contributed by atoms with E-state index in [4.69, 9.17) is 6.42 Å². The van der Waals surface area contributed by atoms with Gasteiger partial charge in [-0.05, 0) is 50.7 Å². The van der Waals surface area contributed by atoms with Gasteiger partial charge in [0, 0.05) is 6.42 Å². The van der Waals surface area contributed by atoms with Crippen LogP contribution in [-0.4, -0.2) is 24.5 Å². The normalized spacial score (nSPS) is 22.6. The maximum atomic E-state index is 5.25. The van der Waals surface area contributed by atoms with Crippen molar-refractivity contribution in [3.05, 3.63) is 0 Å². The summed E-state index contributed by atoms with van der Waals surface area (Å²) >= 11 is 0. The summed E-state index contributed by atoms with van der Waals surface area (Å²) in [5, 5.41) is 0. The molecule has 1 heteroatoms. The van der Waals surface area contributed by atoms with E-state index >= 15 is 0 Å². The Morgan fingerprint density at radius 3 is 2.79 bits per heavy atom. The highest BCUT2D eigenvalue weighted by Gasteiger charge is 2.22. The fourth-order valence-electron chi connectivity index (χ4n) is 2.11. The number of nitrogens with zero attached hydrogens (tertiary/aromatic N) is 1. The third-order valence-electron chi connectivity index (χ3n) is 3.23. The topological polar surface area (TPSA) is 3.24 Å².